The highest BCUT2D eigenvalue weighted by atomic mass is 32.2. The van der Waals surface area contributed by atoms with E-state index in [1.165, 1.54) is 18.2 Å². The molecular weight excluding hydrogens is 318 g/mol. The Morgan fingerprint density at radius 1 is 1.17 bits per heavy atom. The Morgan fingerprint density at radius 2 is 1.74 bits per heavy atom. The van der Waals surface area contributed by atoms with Crippen LogP contribution in [0.3, 0.4) is 0 Å². The molecule has 0 saturated heterocycles. The van der Waals surface area contributed by atoms with E-state index in [1.54, 1.807) is 31.2 Å². The lowest BCUT2D eigenvalue weighted by Crippen LogP contribution is -2.20. The molecule has 0 aromatic heterocycles. The molecule has 0 fully saturated rings. The first kappa shape index (κ1) is 17.0. The number of hydrogen-bond donors (Lipinski definition) is 1. The molecule has 0 heterocycles. The molecule has 2 aromatic rings. The molecule has 118 valence electrons. The molecule has 2 unspecified atom stereocenters. The number of carbonyl (C=O) groups excluding carboxylic acids is 1. The molecule has 0 radical (unpaired) electrons. The van der Waals surface area contributed by atoms with Crippen molar-refractivity contribution in [2.75, 3.05) is 0 Å². The Labute approximate surface area is 137 Å². The molecule has 6 heteroatoms. The van der Waals surface area contributed by atoms with Crippen molar-refractivity contribution < 1.29 is 13.6 Å². The summed E-state index contributed by atoms with van der Waals surface area (Å²) in [5, 5.41) is 7.43. The van der Waals surface area contributed by atoms with Gasteiger partial charge in [0.25, 0.3) is 0 Å². The zero-order valence-electron chi connectivity index (χ0n) is 12.3. The highest BCUT2D eigenvalue weighted by Crippen LogP contribution is 2.41. The monoisotopic (exact) mass is 332 g/mol. The molecule has 3 nitrogen and oxygen atoms in total. The van der Waals surface area contributed by atoms with Crippen LogP contribution in [0.1, 0.15) is 34.1 Å². The topological polar surface area (TPSA) is 66.9 Å². The predicted octanol–water partition coefficient (Wildman–Crippen LogP) is 3.86. The fraction of sp³-hybridized carbons (Fsp3) is 0.176. The van der Waals surface area contributed by atoms with Crippen LogP contribution in [0.2, 0.25) is 0 Å². The Bertz CT molecular complexity index is 736. The van der Waals surface area contributed by atoms with Crippen molar-refractivity contribution in [3.05, 3.63) is 70.8 Å². The normalized spacial score (nSPS) is 13.1. The summed E-state index contributed by atoms with van der Waals surface area (Å²) in [6.07, 6.45) is 0. The van der Waals surface area contributed by atoms with Gasteiger partial charge in [-0.2, -0.15) is 5.26 Å². The maximum absolute atomic E-state index is 13.8. The van der Waals surface area contributed by atoms with Gasteiger partial charge in [0.1, 0.15) is 16.9 Å². The number of nitriles is 1. The molecule has 2 aromatic carbocycles. The number of primary amides is 1. The van der Waals surface area contributed by atoms with Crippen LogP contribution < -0.4 is 5.73 Å². The first-order chi connectivity index (χ1) is 10.9. The van der Waals surface area contributed by atoms with Gasteiger partial charge in [-0.05, 0) is 36.8 Å². The maximum Gasteiger partial charge on any atom is 0.235 e. The lowest BCUT2D eigenvalue weighted by atomic mass is 10.1. The quantitative estimate of drug-likeness (QED) is 0.904. The van der Waals surface area contributed by atoms with Gasteiger partial charge in [-0.15, -0.1) is 11.8 Å². The molecule has 0 aliphatic carbocycles. The second kappa shape index (κ2) is 7.25. The molecule has 0 saturated carbocycles. The van der Waals surface area contributed by atoms with E-state index in [1.807, 2.05) is 6.07 Å². The molecule has 2 N–H and O–H groups in total. The average molecular weight is 332 g/mol. The summed E-state index contributed by atoms with van der Waals surface area (Å²) in [5.41, 5.74) is 6.39. The van der Waals surface area contributed by atoms with Crippen LogP contribution in [0.15, 0.2) is 42.5 Å². The number of rotatable bonds is 5. The molecule has 23 heavy (non-hydrogen) atoms. The first-order valence-corrected chi connectivity index (χ1v) is 7.77. The minimum Gasteiger partial charge on any atom is -0.368 e. The third-order valence-corrected chi connectivity index (χ3v) is 4.77. The summed E-state index contributed by atoms with van der Waals surface area (Å²) in [5.74, 6) is -1.93. The number of hydrogen-bond acceptors (Lipinski definition) is 3. The average Bonchev–Trinajstić information content (AvgIpc) is 2.52. The number of carbonyl (C=O) groups is 1. The number of nitrogens with zero attached hydrogens (tertiary/aromatic N) is 1. The lowest BCUT2D eigenvalue weighted by Gasteiger charge is -2.20. The fourth-order valence-electron chi connectivity index (χ4n) is 2.21. The number of nitrogens with two attached hydrogens (primary N) is 1. The molecule has 1 amide bonds. The van der Waals surface area contributed by atoms with Crippen molar-refractivity contribution in [3.8, 4) is 6.07 Å². The zero-order valence-corrected chi connectivity index (χ0v) is 13.1. The van der Waals surface area contributed by atoms with Gasteiger partial charge in [0.2, 0.25) is 5.91 Å². The molecule has 2 rings (SSSR count). The SMILES string of the molecule is CC(SC(C(N)=O)c1ccc(C#N)cc1)c1c(F)cccc1F. The third kappa shape index (κ3) is 3.88. The van der Waals surface area contributed by atoms with Gasteiger partial charge < -0.3 is 5.73 Å². The summed E-state index contributed by atoms with van der Waals surface area (Å²) in [6, 6.07) is 12.0. The van der Waals surface area contributed by atoms with Gasteiger partial charge in [-0.3, -0.25) is 4.79 Å². The first-order valence-electron chi connectivity index (χ1n) is 6.82. The predicted molar refractivity (Wildman–Crippen MR) is 85.5 cm³/mol. The fourth-order valence-corrected chi connectivity index (χ4v) is 3.43. The molecule has 0 aliphatic heterocycles. The highest BCUT2D eigenvalue weighted by molar-refractivity contribution is 8.00. The van der Waals surface area contributed by atoms with E-state index >= 15 is 0 Å². The van der Waals surface area contributed by atoms with E-state index in [0.29, 0.717) is 11.1 Å². The molecular formula is C17H14F2N2OS. The smallest absolute Gasteiger partial charge is 0.235 e. The van der Waals surface area contributed by atoms with Crippen molar-refractivity contribution in [2.45, 2.75) is 17.4 Å². The maximum atomic E-state index is 13.8. The Hall–Kier alpha value is -2.39. The number of benzene rings is 2. The van der Waals surface area contributed by atoms with Crippen molar-refractivity contribution in [3.63, 3.8) is 0 Å². The number of thioether (sulfide) groups is 1. The lowest BCUT2D eigenvalue weighted by molar-refractivity contribution is -0.117. The second-order valence-corrected chi connectivity index (χ2v) is 6.38. The highest BCUT2D eigenvalue weighted by Gasteiger charge is 2.25. The Balaban J connectivity index is 2.29. The molecule has 0 bridgehead atoms. The van der Waals surface area contributed by atoms with Crippen LogP contribution in [0.25, 0.3) is 0 Å². The van der Waals surface area contributed by atoms with Crippen LogP contribution in [0.5, 0.6) is 0 Å². The van der Waals surface area contributed by atoms with Gasteiger partial charge in [0.05, 0.1) is 11.6 Å². The zero-order chi connectivity index (χ0) is 17.0. The van der Waals surface area contributed by atoms with Crippen LogP contribution in [0.4, 0.5) is 8.78 Å². The molecule has 0 spiro atoms. The number of halogens is 2. The van der Waals surface area contributed by atoms with Crippen molar-refractivity contribution in [1.29, 1.82) is 5.26 Å². The summed E-state index contributed by atoms with van der Waals surface area (Å²) in [6.45, 7) is 1.62. The van der Waals surface area contributed by atoms with Gasteiger partial charge in [0, 0.05) is 10.8 Å². The summed E-state index contributed by atoms with van der Waals surface area (Å²) in [4.78, 5) is 11.7. The van der Waals surface area contributed by atoms with Gasteiger partial charge >= 0.3 is 0 Å². The summed E-state index contributed by atoms with van der Waals surface area (Å²) < 4.78 is 27.7. The largest absolute Gasteiger partial charge is 0.368 e. The number of amides is 1. The second-order valence-electron chi connectivity index (χ2n) is 4.93. The minimum absolute atomic E-state index is 0.0857. The van der Waals surface area contributed by atoms with E-state index in [-0.39, 0.29) is 5.56 Å². The van der Waals surface area contributed by atoms with E-state index in [9.17, 15) is 13.6 Å². The van der Waals surface area contributed by atoms with Gasteiger partial charge in [-0.25, -0.2) is 8.78 Å². The van der Waals surface area contributed by atoms with Crippen LogP contribution in [0, 0.1) is 23.0 Å². The molecule has 0 aliphatic rings. The Morgan fingerprint density at radius 3 is 2.22 bits per heavy atom. The van der Waals surface area contributed by atoms with Crippen molar-refractivity contribution in [2.24, 2.45) is 5.73 Å². The van der Waals surface area contributed by atoms with Crippen LogP contribution in [-0.2, 0) is 4.79 Å². The van der Waals surface area contributed by atoms with E-state index < -0.39 is 28.0 Å². The third-order valence-electron chi connectivity index (χ3n) is 3.35. The van der Waals surface area contributed by atoms with Gasteiger partial charge in [-0.1, -0.05) is 18.2 Å². The van der Waals surface area contributed by atoms with Crippen LogP contribution >= 0.6 is 11.8 Å². The van der Waals surface area contributed by atoms with E-state index in [2.05, 4.69) is 0 Å². The van der Waals surface area contributed by atoms with Gasteiger partial charge in [0.15, 0.2) is 0 Å². The minimum atomic E-state index is -0.767. The summed E-state index contributed by atoms with van der Waals surface area (Å²) in [7, 11) is 0. The molecule has 2 atom stereocenters. The Kier molecular flexibility index (Phi) is 5.35. The summed E-state index contributed by atoms with van der Waals surface area (Å²) >= 11 is 1.06. The van der Waals surface area contributed by atoms with Crippen molar-refractivity contribution >= 4 is 17.7 Å². The standard InChI is InChI=1S/C17H14F2N2OS/c1-10(15-13(18)3-2-4-14(15)19)23-16(17(21)22)12-7-5-11(9-20)6-8-12/h2-8,10,16H,1H3,(H2,21,22). The van der Waals surface area contributed by atoms with Crippen LogP contribution in [-0.4, -0.2) is 5.91 Å². The van der Waals surface area contributed by atoms with Crippen molar-refractivity contribution in [1.82, 2.24) is 0 Å². The van der Waals surface area contributed by atoms with E-state index in [0.717, 1.165) is 11.8 Å². The van der Waals surface area contributed by atoms with E-state index in [4.69, 9.17) is 11.0 Å².